The van der Waals surface area contributed by atoms with Crippen molar-refractivity contribution in [3.63, 3.8) is 0 Å². The van der Waals surface area contributed by atoms with E-state index in [2.05, 4.69) is 5.32 Å². The average Bonchev–Trinajstić information content (AvgIpc) is 2.45. The van der Waals surface area contributed by atoms with E-state index in [1.54, 1.807) is 12.1 Å². The van der Waals surface area contributed by atoms with Gasteiger partial charge >= 0.3 is 0 Å². The molecule has 0 aliphatic rings. The van der Waals surface area contributed by atoms with Gasteiger partial charge in [-0.05, 0) is 48.4 Å². The van der Waals surface area contributed by atoms with Gasteiger partial charge in [0.15, 0.2) is 0 Å². The highest BCUT2D eigenvalue weighted by molar-refractivity contribution is 6.42. The molecule has 5 heteroatoms. The molecular weight excluding hydrogens is 332 g/mol. The van der Waals surface area contributed by atoms with E-state index in [1.807, 2.05) is 19.1 Å². The van der Waals surface area contributed by atoms with Crippen molar-refractivity contribution in [1.82, 2.24) is 5.32 Å². The first-order chi connectivity index (χ1) is 10.0. The maximum atomic E-state index is 13.9. The van der Waals surface area contributed by atoms with Crippen LogP contribution in [0.2, 0.25) is 15.1 Å². The Balaban J connectivity index is 2.35. The Morgan fingerprint density at radius 2 is 1.90 bits per heavy atom. The van der Waals surface area contributed by atoms with Crippen LogP contribution in [0.4, 0.5) is 4.39 Å². The van der Waals surface area contributed by atoms with Crippen molar-refractivity contribution in [2.24, 2.45) is 0 Å². The molecule has 1 N–H and O–H groups in total. The van der Waals surface area contributed by atoms with Crippen molar-refractivity contribution in [1.29, 1.82) is 0 Å². The van der Waals surface area contributed by atoms with Crippen molar-refractivity contribution in [2.75, 3.05) is 6.54 Å². The third-order valence-electron chi connectivity index (χ3n) is 3.24. The predicted molar refractivity (Wildman–Crippen MR) is 88.0 cm³/mol. The number of halogens is 4. The fourth-order valence-electron chi connectivity index (χ4n) is 2.25. The first-order valence-electron chi connectivity index (χ1n) is 6.64. The van der Waals surface area contributed by atoms with Crippen LogP contribution in [-0.2, 0) is 6.42 Å². The van der Waals surface area contributed by atoms with E-state index in [0.29, 0.717) is 27.1 Å². The van der Waals surface area contributed by atoms with Crippen LogP contribution < -0.4 is 5.32 Å². The molecule has 0 bridgehead atoms. The van der Waals surface area contributed by atoms with Gasteiger partial charge in [0.05, 0.1) is 10.0 Å². The van der Waals surface area contributed by atoms with Crippen LogP contribution in [0.3, 0.4) is 0 Å². The Morgan fingerprint density at radius 1 is 1.14 bits per heavy atom. The highest BCUT2D eigenvalue weighted by atomic mass is 35.5. The molecule has 1 atom stereocenters. The Kier molecular flexibility index (Phi) is 5.88. The van der Waals surface area contributed by atoms with E-state index in [9.17, 15) is 4.39 Å². The van der Waals surface area contributed by atoms with Crippen LogP contribution in [0.25, 0.3) is 0 Å². The van der Waals surface area contributed by atoms with E-state index in [4.69, 9.17) is 34.8 Å². The normalized spacial score (nSPS) is 12.4. The largest absolute Gasteiger partial charge is 0.310 e. The highest BCUT2D eigenvalue weighted by Crippen LogP contribution is 2.32. The number of hydrogen-bond donors (Lipinski definition) is 1. The second kappa shape index (κ2) is 7.46. The second-order valence-electron chi connectivity index (χ2n) is 4.69. The number of nitrogens with one attached hydrogen (secondary N) is 1. The van der Waals surface area contributed by atoms with Crippen LogP contribution in [0, 0.1) is 5.82 Å². The lowest BCUT2D eigenvalue weighted by Crippen LogP contribution is -2.23. The van der Waals surface area contributed by atoms with Crippen molar-refractivity contribution in [3.05, 3.63) is 68.4 Å². The lowest BCUT2D eigenvalue weighted by Gasteiger charge is -2.20. The molecule has 2 rings (SSSR count). The van der Waals surface area contributed by atoms with Gasteiger partial charge in [-0.25, -0.2) is 4.39 Å². The van der Waals surface area contributed by atoms with Gasteiger partial charge in [-0.1, -0.05) is 53.9 Å². The van der Waals surface area contributed by atoms with Gasteiger partial charge in [0.25, 0.3) is 0 Å². The van der Waals surface area contributed by atoms with Gasteiger partial charge in [0, 0.05) is 11.1 Å². The van der Waals surface area contributed by atoms with Gasteiger partial charge < -0.3 is 5.32 Å². The summed E-state index contributed by atoms with van der Waals surface area (Å²) in [5.74, 6) is -0.277. The minimum Gasteiger partial charge on any atom is -0.310 e. The Bertz CT molecular complexity index is 631. The molecule has 0 radical (unpaired) electrons. The summed E-state index contributed by atoms with van der Waals surface area (Å²) in [7, 11) is 0. The maximum Gasteiger partial charge on any atom is 0.126 e. The predicted octanol–water partition coefficient (Wildman–Crippen LogP) is 5.68. The maximum absolute atomic E-state index is 13.9. The average molecular weight is 347 g/mol. The van der Waals surface area contributed by atoms with Crippen LogP contribution in [0.1, 0.15) is 24.1 Å². The lowest BCUT2D eigenvalue weighted by molar-refractivity contribution is 0.528. The minimum absolute atomic E-state index is 0.130. The van der Waals surface area contributed by atoms with Crippen LogP contribution in [-0.4, -0.2) is 6.54 Å². The fraction of sp³-hybridized carbons (Fsp3) is 0.250. The molecule has 0 amide bonds. The van der Waals surface area contributed by atoms with E-state index in [-0.39, 0.29) is 11.9 Å². The summed E-state index contributed by atoms with van der Waals surface area (Å²) in [4.78, 5) is 0. The fourth-order valence-corrected chi connectivity index (χ4v) is 2.88. The first-order valence-corrected chi connectivity index (χ1v) is 7.77. The molecule has 0 fully saturated rings. The molecule has 0 aliphatic heterocycles. The van der Waals surface area contributed by atoms with Gasteiger partial charge in [0.1, 0.15) is 5.82 Å². The second-order valence-corrected chi connectivity index (χ2v) is 5.91. The summed E-state index contributed by atoms with van der Waals surface area (Å²) >= 11 is 18.3. The minimum atomic E-state index is -0.277. The molecule has 0 saturated heterocycles. The topological polar surface area (TPSA) is 12.0 Å². The molecule has 2 aromatic rings. The molecule has 0 aromatic heterocycles. The zero-order valence-electron chi connectivity index (χ0n) is 11.5. The quantitative estimate of drug-likeness (QED) is 0.734. The van der Waals surface area contributed by atoms with Crippen LogP contribution in [0.5, 0.6) is 0 Å². The number of hydrogen-bond acceptors (Lipinski definition) is 1. The summed E-state index contributed by atoms with van der Waals surface area (Å²) in [6, 6.07) is 9.88. The summed E-state index contributed by atoms with van der Waals surface area (Å²) in [5, 5.41) is 4.80. The summed E-state index contributed by atoms with van der Waals surface area (Å²) in [6.07, 6.45) is 0.445. The van der Waals surface area contributed by atoms with Crippen LogP contribution >= 0.6 is 34.8 Å². The Labute approximate surface area is 139 Å². The third-order valence-corrected chi connectivity index (χ3v) is 4.31. The molecule has 1 unspecified atom stereocenters. The number of likely N-dealkylation sites (N-methyl/N-ethyl adjacent to an activating group) is 1. The molecule has 0 aliphatic carbocycles. The van der Waals surface area contributed by atoms with Gasteiger partial charge in [-0.2, -0.15) is 0 Å². The van der Waals surface area contributed by atoms with Crippen molar-refractivity contribution in [2.45, 2.75) is 19.4 Å². The van der Waals surface area contributed by atoms with E-state index >= 15 is 0 Å². The smallest absolute Gasteiger partial charge is 0.126 e. The standard InChI is InChI=1S/C16H15Cl3FN/c1-2-21-15(12-4-3-5-13(18)16(12)19)9-10-8-11(17)6-7-14(10)20/h3-8,15,21H,2,9H2,1H3. The van der Waals surface area contributed by atoms with E-state index in [1.165, 1.54) is 12.1 Å². The third kappa shape index (κ3) is 4.10. The number of rotatable bonds is 5. The number of benzene rings is 2. The van der Waals surface area contributed by atoms with Gasteiger partial charge in [0.2, 0.25) is 0 Å². The van der Waals surface area contributed by atoms with Gasteiger partial charge in [-0.15, -0.1) is 0 Å². The summed E-state index contributed by atoms with van der Waals surface area (Å²) in [5.41, 5.74) is 1.40. The van der Waals surface area contributed by atoms with E-state index < -0.39 is 0 Å². The van der Waals surface area contributed by atoms with Crippen molar-refractivity contribution < 1.29 is 4.39 Å². The Morgan fingerprint density at radius 3 is 2.62 bits per heavy atom. The summed E-state index contributed by atoms with van der Waals surface area (Å²) in [6.45, 7) is 2.72. The highest BCUT2D eigenvalue weighted by Gasteiger charge is 2.18. The molecule has 2 aromatic carbocycles. The molecule has 112 valence electrons. The molecule has 0 heterocycles. The van der Waals surface area contributed by atoms with E-state index in [0.717, 1.165) is 12.1 Å². The molecule has 0 spiro atoms. The SMILES string of the molecule is CCNC(Cc1cc(Cl)ccc1F)c1cccc(Cl)c1Cl. The zero-order chi connectivity index (χ0) is 15.4. The van der Waals surface area contributed by atoms with Crippen molar-refractivity contribution >= 4 is 34.8 Å². The lowest BCUT2D eigenvalue weighted by atomic mass is 9.98. The summed E-state index contributed by atoms with van der Waals surface area (Å²) < 4.78 is 13.9. The molecule has 21 heavy (non-hydrogen) atoms. The van der Waals surface area contributed by atoms with Crippen molar-refractivity contribution in [3.8, 4) is 0 Å². The van der Waals surface area contributed by atoms with Crippen LogP contribution in [0.15, 0.2) is 36.4 Å². The zero-order valence-corrected chi connectivity index (χ0v) is 13.7. The molecular formula is C16H15Cl3FN. The Hall–Kier alpha value is -0.800. The monoisotopic (exact) mass is 345 g/mol. The molecule has 1 nitrogen and oxygen atoms in total. The first kappa shape index (κ1) is 16.6. The van der Waals surface area contributed by atoms with Gasteiger partial charge in [-0.3, -0.25) is 0 Å². The molecule has 0 saturated carbocycles.